The molecular formula is C10H25N3. The quantitative estimate of drug-likeness (QED) is 0.469. The Morgan fingerprint density at radius 1 is 1.08 bits per heavy atom. The normalized spacial score (nSPS) is 13.2. The molecule has 1 unspecified atom stereocenters. The molecule has 0 aliphatic heterocycles. The number of hydrogen-bond donors (Lipinski definition) is 3. The largest absolute Gasteiger partial charge is 0.330 e. The molecule has 0 radical (unpaired) electrons. The molecule has 0 heterocycles. The van der Waals surface area contributed by atoms with E-state index in [0.717, 1.165) is 32.5 Å². The van der Waals surface area contributed by atoms with Gasteiger partial charge in [-0.1, -0.05) is 13.3 Å². The summed E-state index contributed by atoms with van der Waals surface area (Å²) in [5.74, 6) is 0. The van der Waals surface area contributed by atoms with Gasteiger partial charge in [-0.15, -0.1) is 0 Å². The Morgan fingerprint density at radius 2 is 1.77 bits per heavy atom. The van der Waals surface area contributed by atoms with Gasteiger partial charge in [0, 0.05) is 6.04 Å². The highest BCUT2D eigenvalue weighted by molar-refractivity contribution is 4.66. The summed E-state index contributed by atoms with van der Waals surface area (Å²) < 4.78 is 0. The van der Waals surface area contributed by atoms with Crippen LogP contribution in [-0.2, 0) is 0 Å². The zero-order chi connectivity index (χ0) is 9.94. The van der Waals surface area contributed by atoms with E-state index in [4.69, 9.17) is 11.5 Å². The molecule has 0 aromatic rings. The molecule has 0 rings (SSSR count). The molecule has 0 aromatic carbocycles. The van der Waals surface area contributed by atoms with Crippen LogP contribution in [0.4, 0.5) is 0 Å². The van der Waals surface area contributed by atoms with Crippen LogP contribution in [0.1, 0.15) is 39.0 Å². The first-order valence-electron chi connectivity index (χ1n) is 5.48. The van der Waals surface area contributed by atoms with Crippen LogP contribution in [0.3, 0.4) is 0 Å². The molecule has 13 heavy (non-hydrogen) atoms. The summed E-state index contributed by atoms with van der Waals surface area (Å²) in [7, 11) is 0. The minimum atomic E-state index is 0.653. The van der Waals surface area contributed by atoms with Gasteiger partial charge in [0.05, 0.1) is 0 Å². The molecule has 0 saturated heterocycles. The highest BCUT2D eigenvalue weighted by atomic mass is 14.9. The molecule has 1 atom stereocenters. The maximum Gasteiger partial charge on any atom is 0.00674 e. The summed E-state index contributed by atoms with van der Waals surface area (Å²) in [6, 6.07) is 0.653. The van der Waals surface area contributed by atoms with Crippen LogP contribution in [0.2, 0.25) is 0 Å². The standard InChI is InChI=1S/C10H25N3/c1-2-5-10(6-3-7-11)13-9-4-8-12/h10,13H,2-9,11-12H2,1H3. The van der Waals surface area contributed by atoms with E-state index in [1.807, 2.05) is 0 Å². The molecule has 80 valence electrons. The van der Waals surface area contributed by atoms with E-state index >= 15 is 0 Å². The topological polar surface area (TPSA) is 64.1 Å². The molecule has 0 amide bonds. The van der Waals surface area contributed by atoms with Crippen LogP contribution in [-0.4, -0.2) is 25.7 Å². The zero-order valence-corrected chi connectivity index (χ0v) is 8.89. The summed E-state index contributed by atoms with van der Waals surface area (Å²) in [5, 5.41) is 3.52. The van der Waals surface area contributed by atoms with Crippen LogP contribution in [0.15, 0.2) is 0 Å². The molecule has 3 heteroatoms. The van der Waals surface area contributed by atoms with Crippen molar-refractivity contribution in [2.24, 2.45) is 11.5 Å². The van der Waals surface area contributed by atoms with Crippen LogP contribution >= 0.6 is 0 Å². The fraction of sp³-hybridized carbons (Fsp3) is 1.00. The lowest BCUT2D eigenvalue weighted by Gasteiger charge is -2.17. The number of nitrogens with two attached hydrogens (primary N) is 2. The predicted molar refractivity (Wildman–Crippen MR) is 58.7 cm³/mol. The van der Waals surface area contributed by atoms with Crippen molar-refractivity contribution in [1.82, 2.24) is 5.32 Å². The fourth-order valence-electron chi connectivity index (χ4n) is 1.47. The van der Waals surface area contributed by atoms with Gasteiger partial charge in [0.15, 0.2) is 0 Å². The van der Waals surface area contributed by atoms with Gasteiger partial charge in [-0.2, -0.15) is 0 Å². The predicted octanol–water partition coefficient (Wildman–Crippen LogP) is 0.832. The lowest BCUT2D eigenvalue weighted by molar-refractivity contribution is 0.437. The monoisotopic (exact) mass is 187 g/mol. The van der Waals surface area contributed by atoms with Crippen LogP contribution in [0.5, 0.6) is 0 Å². The van der Waals surface area contributed by atoms with Crippen molar-refractivity contribution in [3.63, 3.8) is 0 Å². The number of rotatable bonds is 9. The van der Waals surface area contributed by atoms with E-state index < -0.39 is 0 Å². The Bertz CT molecular complexity index is 96.2. The summed E-state index contributed by atoms with van der Waals surface area (Å²) in [4.78, 5) is 0. The SMILES string of the molecule is CCCC(CCCN)NCCCN. The van der Waals surface area contributed by atoms with E-state index in [-0.39, 0.29) is 0 Å². The third-order valence-electron chi connectivity index (χ3n) is 2.21. The van der Waals surface area contributed by atoms with Crippen molar-refractivity contribution >= 4 is 0 Å². The van der Waals surface area contributed by atoms with Gasteiger partial charge in [0.1, 0.15) is 0 Å². The molecule has 5 N–H and O–H groups in total. The molecular weight excluding hydrogens is 162 g/mol. The van der Waals surface area contributed by atoms with Crippen LogP contribution < -0.4 is 16.8 Å². The maximum atomic E-state index is 5.48. The van der Waals surface area contributed by atoms with Crippen LogP contribution in [0, 0.1) is 0 Å². The van der Waals surface area contributed by atoms with E-state index in [2.05, 4.69) is 12.2 Å². The average molecular weight is 187 g/mol. The highest BCUT2D eigenvalue weighted by Gasteiger charge is 2.04. The first kappa shape index (κ1) is 12.9. The highest BCUT2D eigenvalue weighted by Crippen LogP contribution is 2.03. The van der Waals surface area contributed by atoms with E-state index in [1.165, 1.54) is 19.3 Å². The Balaban J connectivity index is 3.41. The third kappa shape index (κ3) is 8.22. The molecule has 0 saturated carbocycles. The van der Waals surface area contributed by atoms with Crippen molar-refractivity contribution in [3.05, 3.63) is 0 Å². The first-order valence-corrected chi connectivity index (χ1v) is 5.48. The second kappa shape index (κ2) is 9.96. The second-order valence-electron chi connectivity index (χ2n) is 3.51. The van der Waals surface area contributed by atoms with E-state index in [9.17, 15) is 0 Å². The smallest absolute Gasteiger partial charge is 0.00674 e. The van der Waals surface area contributed by atoms with Gasteiger partial charge in [-0.3, -0.25) is 0 Å². The number of nitrogens with one attached hydrogen (secondary N) is 1. The van der Waals surface area contributed by atoms with Gasteiger partial charge in [-0.25, -0.2) is 0 Å². The van der Waals surface area contributed by atoms with Gasteiger partial charge >= 0.3 is 0 Å². The molecule has 0 aliphatic carbocycles. The number of hydrogen-bond acceptors (Lipinski definition) is 3. The lowest BCUT2D eigenvalue weighted by Crippen LogP contribution is -2.31. The molecule has 0 aromatic heterocycles. The van der Waals surface area contributed by atoms with Gasteiger partial charge in [0.25, 0.3) is 0 Å². The molecule has 0 fully saturated rings. The molecule has 0 aliphatic rings. The minimum absolute atomic E-state index is 0.653. The van der Waals surface area contributed by atoms with Crippen molar-refractivity contribution in [2.75, 3.05) is 19.6 Å². The van der Waals surface area contributed by atoms with Crippen molar-refractivity contribution in [3.8, 4) is 0 Å². The minimum Gasteiger partial charge on any atom is -0.330 e. The Labute approximate surface area is 82.3 Å². The maximum absolute atomic E-state index is 5.48. The lowest BCUT2D eigenvalue weighted by atomic mass is 10.1. The Morgan fingerprint density at radius 3 is 2.31 bits per heavy atom. The Hall–Kier alpha value is -0.120. The molecule has 3 nitrogen and oxygen atoms in total. The van der Waals surface area contributed by atoms with Crippen molar-refractivity contribution < 1.29 is 0 Å². The van der Waals surface area contributed by atoms with E-state index in [0.29, 0.717) is 6.04 Å². The summed E-state index contributed by atoms with van der Waals surface area (Å²) in [5.41, 5.74) is 10.9. The molecule has 0 spiro atoms. The summed E-state index contributed by atoms with van der Waals surface area (Å²) in [6.07, 6.45) is 5.90. The third-order valence-corrected chi connectivity index (χ3v) is 2.21. The van der Waals surface area contributed by atoms with Gasteiger partial charge < -0.3 is 16.8 Å². The first-order chi connectivity index (χ1) is 6.35. The summed E-state index contributed by atoms with van der Waals surface area (Å²) >= 11 is 0. The molecule has 0 bridgehead atoms. The second-order valence-corrected chi connectivity index (χ2v) is 3.51. The van der Waals surface area contributed by atoms with Crippen molar-refractivity contribution in [2.45, 2.75) is 45.1 Å². The summed E-state index contributed by atoms with van der Waals surface area (Å²) in [6.45, 7) is 4.85. The van der Waals surface area contributed by atoms with Gasteiger partial charge in [-0.05, 0) is 45.3 Å². The van der Waals surface area contributed by atoms with Crippen molar-refractivity contribution in [1.29, 1.82) is 0 Å². The fourth-order valence-corrected chi connectivity index (χ4v) is 1.47. The van der Waals surface area contributed by atoms with Gasteiger partial charge in [0.2, 0.25) is 0 Å². The van der Waals surface area contributed by atoms with E-state index in [1.54, 1.807) is 0 Å². The Kier molecular flexibility index (Phi) is 9.87. The zero-order valence-electron chi connectivity index (χ0n) is 8.89. The van der Waals surface area contributed by atoms with Crippen LogP contribution in [0.25, 0.3) is 0 Å². The average Bonchev–Trinajstić information content (AvgIpc) is 2.14.